The van der Waals surface area contributed by atoms with Crippen LogP contribution in [0.4, 0.5) is 5.82 Å². The van der Waals surface area contributed by atoms with Crippen LogP contribution in [-0.4, -0.2) is 27.6 Å². The van der Waals surface area contributed by atoms with Crippen LogP contribution in [-0.2, 0) is 0 Å². The molecule has 0 atom stereocenters. The molecule has 5 heteroatoms. The highest BCUT2D eigenvalue weighted by atomic mass is 16.2. The Kier molecular flexibility index (Phi) is 3.74. The van der Waals surface area contributed by atoms with E-state index in [4.69, 9.17) is 5.11 Å². The Morgan fingerprint density at radius 1 is 1.39 bits per heavy atom. The Morgan fingerprint density at radius 2 is 2.28 bits per heavy atom. The van der Waals surface area contributed by atoms with Crippen LogP contribution >= 0.6 is 0 Å². The minimum absolute atomic E-state index is 0.221. The van der Waals surface area contributed by atoms with Gasteiger partial charge in [-0.15, -0.1) is 0 Å². The minimum atomic E-state index is -0.264. The molecular weight excluding hydrogens is 230 g/mol. The molecule has 0 fully saturated rings. The summed E-state index contributed by atoms with van der Waals surface area (Å²) in [7, 11) is 0. The lowest BCUT2D eigenvalue weighted by atomic mass is 10.3. The molecule has 2 aromatic rings. The van der Waals surface area contributed by atoms with Gasteiger partial charge in [-0.1, -0.05) is 12.0 Å². The summed E-state index contributed by atoms with van der Waals surface area (Å²) in [4.78, 5) is 18.7. The number of pyridine rings is 1. The first-order valence-corrected chi connectivity index (χ1v) is 5.31. The molecule has 1 amide bonds. The first kappa shape index (κ1) is 11.9. The van der Waals surface area contributed by atoms with Crippen molar-refractivity contribution in [1.29, 1.82) is 0 Å². The Bertz CT molecular complexity index is 594. The zero-order valence-electron chi connectivity index (χ0n) is 9.47. The minimum Gasteiger partial charge on any atom is -0.384 e. The molecule has 2 heterocycles. The standard InChI is InChI=1S/C13H11N3O2/c17-9-3-5-10-4-1-7-12(15-10)16-13(18)11-6-2-8-14-11/h1-2,4,6-8,14,17H,9H2,(H,15,16,18). The molecule has 0 aliphatic rings. The third kappa shape index (κ3) is 2.97. The van der Waals surface area contributed by atoms with E-state index < -0.39 is 0 Å². The molecule has 3 N–H and O–H groups in total. The molecule has 0 unspecified atom stereocenters. The second-order valence-electron chi connectivity index (χ2n) is 3.41. The molecule has 0 bridgehead atoms. The fraction of sp³-hybridized carbons (Fsp3) is 0.0769. The van der Waals surface area contributed by atoms with E-state index in [0.29, 0.717) is 17.2 Å². The molecule has 0 aliphatic heterocycles. The average Bonchev–Trinajstić information content (AvgIpc) is 2.91. The van der Waals surface area contributed by atoms with Gasteiger partial charge in [-0.25, -0.2) is 4.98 Å². The number of anilines is 1. The van der Waals surface area contributed by atoms with E-state index in [2.05, 4.69) is 27.1 Å². The quantitative estimate of drug-likeness (QED) is 0.686. The molecule has 18 heavy (non-hydrogen) atoms. The molecule has 0 spiro atoms. The van der Waals surface area contributed by atoms with Crippen molar-refractivity contribution in [3.05, 3.63) is 47.9 Å². The third-order valence-electron chi connectivity index (χ3n) is 2.13. The number of H-pyrrole nitrogens is 1. The first-order chi connectivity index (χ1) is 8.79. The first-order valence-electron chi connectivity index (χ1n) is 5.31. The van der Waals surface area contributed by atoms with Crippen molar-refractivity contribution in [1.82, 2.24) is 9.97 Å². The van der Waals surface area contributed by atoms with Crippen LogP contribution in [0, 0.1) is 11.8 Å². The van der Waals surface area contributed by atoms with Gasteiger partial charge in [-0.2, -0.15) is 0 Å². The molecular formula is C13H11N3O2. The number of hydrogen-bond donors (Lipinski definition) is 3. The molecule has 0 saturated carbocycles. The number of nitrogens with zero attached hydrogens (tertiary/aromatic N) is 1. The summed E-state index contributed by atoms with van der Waals surface area (Å²) >= 11 is 0. The predicted molar refractivity (Wildman–Crippen MR) is 66.9 cm³/mol. The van der Waals surface area contributed by atoms with Crippen LogP contribution in [0.2, 0.25) is 0 Å². The summed E-state index contributed by atoms with van der Waals surface area (Å²) in [5, 5.41) is 11.2. The van der Waals surface area contributed by atoms with Gasteiger partial charge in [0.2, 0.25) is 0 Å². The summed E-state index contributed by atoms with van der Waals surface area (Å²) in [6, 6.07) is 8.52. The zero-order valence-corrected chi connectivity index (χ0v) is 9.47. The molecule has 2 aromatic heterocycles. The molecule has 0 aromatic carbocycles. The number of amides is 1. The highest BCUT2D eigenvalue weighted by Gasteiger charge is 2.06. The number of carbonyl (C=O) groups excluding carboxylic acids is 1. The normalized spacial score (nSPS) is 9.39. The smallest absolute Gasteiger partial charge is 0.273 e. The Morgan fingerprint density at radius 3 is 3.00 bits per heavy atom. The van der Waals surface area contributed by atoms with E-state index in [1.54, 1.807) is 36.5 Å². The second kappa shape index (κ2) is 5.66. The maximum absolute atomic E-state index is 11.7. The number of aromatic nitrogens is 2. The van der Waals surface area contributed by atoms with Crippen molar-refractivity contribution >= 4 is 11.7 Å². The van der Waals surface area contributed by atoms with Crippen molar-refractivity contribution in [3.8, 4) is 11.8 Å². The van der Waals surface area contributed by atoms with Gasteiger partial charge in [-0.3, -0.25) is 4.79 Å². The van der Waals surface area contributed by atoms with Crippen LogP contribution in [0.5, 0.6) is 0 Å². The Balaban J connectivity index is 2.12. The molecule has 90 valence electrons. The maximum atomic E-state index is 11.7. The molecule has 0 aliphatic carbocycles. The van der Waals surface area contributed by atoms with Gasteiger partial charge in [0.1, 0.15) is 23.8 Å². The highest BCUT2D eigenvalue weighted by Crippen LogP contribution is 2.06. The van der Waals surface area contributed by atoms with Crippen LogP contribution in [0.25, 0.3) is 0 Å². The van der Waals surface area contributed by atoms with Gasteiger partial charge >= 0.3 is 0 Å². The summed E-state index contributed by atoms with van der Waals surface area (Å²) in [5.41, 5.74) is 0.956. The number of aliphatic hydroxyl groups excluding tert-OH is 1. The number of hydrogen-bond acceptors (Lipinski definition) is 3. The van der Waals surface area contributed by atoms with E-state index in [1.807, 2.05) is 0 Å². The van der Waals surface area contributed by atoms with Gasteiger partial charge in [0, 0.05) is 6.20 Å². The largest absolute Gasteiger partial charge is 0.384 e. The van der Waals surface area contributed by atoms with Crippen molar-refractivity contribution in [2.45, 2.75) is 0 Å². The van der Waals surface area contributed by atoms with Crippen LogP contribution in [0.3, 0.4) is 0 Å². The summed E-state index contributed by atoms with van der Waals surface area (Å²) in [6.45, 7) is -0.221. The number of aromatic amines is 1. The third-order valence-corrected chi connectivity index (χ3v) is 2.13. The summed E-state index contributed by atoms with van der Waals surface area (Å²) in [6.07, 6.45) is 1.67. The Hall–Kier alpha value is -2.58. The summed E-state index contributed by atoms with van der Waals surface area (Å²) in [5.74, 6) is 5.32. The highest BCUT2D eigenvalue weighted by molar-refractivity contribution is 6.02. The van der Waals surface area contributed by atoms with E-state index in [9.17, 15) is 4.79 Å². The van der Waals surface area contributed by atoms with Crippen LogP contribution in [0.1, 0.15) is 16.2 Å². The number of nitrogens with one attached hydrogen (secondary N) is 2. The average molecular weight is 241 g/mol. The maximum Gasteiger partial charge on any atom is 0.273 e. The number of aliphatic hydroxyl groups is 1. The molecule has 0 saturated heterocycles. The van der Waals surface area contributed by atoms with Crippen LogP contribution < -0.4 is 5.32 Å². The monoisotopic (exact) mass is 241 g/mol. The lowest BCUT2D eigenvalue weighted by Crippen LogP contribution is -2.13. The van der Waals surface area contributed by atoms with Crippen LogP contribution in [0.15, 0.2) is 36.5 Å². The van der Waals surface area contributed by atoms with Gasteiger partial charge in [0.25, 0.3) is 5.91 Å². The van der Waals surface area contributed by atoms with Gasteiger partial charge in [0.05, 0.1) is 0 Å². The van der Waals surface area contributed by atoms with E-state index >= 15 is 0 Å². The lowest BCUT2D eigenvalue weighted by Gasteiger charge is -2.02. The van der Waals surface area contributed by atoms with Gasteiger partial charge in [0.15, 0.2) is 0 Å². The van der Waals surface area contributed by atoms with E-state index in [0.717, 1.165) is 0 Å². The lowest BCUT2D eigenvalue weighted by molar-refractivity contribution is 0.102. The van der Waals surface area contributed by atoms with Crippen molar-refractivity contribution in [2.75, 3.05) is 11.9 Å². The van der Waals surface area contributed by atoms with E-state index in [-0.39, 0.29) is 12.5 Å². The molecule has 2 rings (SSSR count). The van der Waals surface area contributed by atoms with Crippen molar-refractivity contribution in [3.63, 3.8) is 0 Å². The van der Waals surface area contributed by atoms with Crippen molar-refractivity contribution < 1.29 is 9.90 Å². The number of carbonyl (C=O) groups is 1. The fourth-order valence-electron chi connectivity index (χ4n) is 1.36. The molecule has 5 nitrogen and oxygen atoms in total. The Labute approximate surface area is 104 Å². The SMILES string of the molecule is O=C(Nc1cccc(C#CCO)n1)c1ccc[nH]1. The number of rotatable bonds is 2. The van der Waals surface area contributed by atoms with Gasteiger partial charge < -0.3 is 15.4 Å². The van der Waals surface area contributed by atoms with Gasteiger partial charge in [-0.05, 0) is 30.2 Å². The van der Waals surface area contributed by atoms with Crippen molar-refractivity contribution in [2.24, 2.45) is 0 Å². The topological polar surface area (TPSA) is 78.0 Å². The zero-order chi connectivity index (χ0) is 12.8. The summed E-state index contributed by atoms with van der Waals surface area (Å²) < 4.78 is 0. The van der Waals surface area contributed by atoms with E-state index in [1.165, 1.54) is 0 Å². The fourth-order valence-corrected chi connectivity index (χ4v) is 1.36. The second-order valence-corrected chi connectivity index (χ2v) is 3.41. The molecule has 0 radical (unpaired) electrons. The predicted octanol–water partition coefficient (Wildman–Crippen LogP) is 1.01.